The van der Waals surface area contributed by atoms with Crippen LogP contribution < -0.4 is 5.32 Å². The fraction of sp³-hybridized carbons (Fsp3) is 0.650. The number of furan rings is 1. The first-order chi connectivity index (χ1) is 13.1. The highest BCUT2D eigenvalue weighted by Crippen LogP contribution is 2.33. The quantitative estimate of drug-likeness (QED) is 0.340. The van der Waals surface area contributed by atoms with Crippen molar-refractivity contribution in [2.45, 2.75) is 52.9 Å². The van der Waals surface area contributed by atoms with Crippen molar-refractivity contribution >= 4 is 29.9 Å². The van der Waals surface area contributed by atoms with Gasteiger partial charge in [-0.25, -0.2) is 4.98 Å². The maximum atomic E-state index is 5.34. The topological polar surface area (TPSA) is 82.3 Å². The molecule has 0 saturated carbocycles. The second-order valence-corrected chi connectivity index (χ2v) is 7.65. The van der Waals surface area contributed by atoms with Gasteiger partial charge in [-0.05, 0) is 43.7 Å². The van der Waals surface area contributed by atoms with Crippen LogP contribution in [0.3, 0.4) is 0 Å². The molecule has 28 heavy (non-hydrogen) atoms. The summed E-state index contributed by atoms with van der Waals surface area (Å²) in [6.45, 7) is 10.5. The van der Waals surface area contributed by atoms with Crippen LogP contribution in [0, 0.1) is 5.41 Å². The van der Waals surface area contributed by atoms with Gasteiger partial charge >= 0.3 is 0 Å². The van der Waals surface area contributed by atoms with Crippen molar-refractivity contribution in [2.75, 3.05) is 26.2 Å². The number of H-pyrrole nitrogens is 1. The van der Waals surface area contributed by atoms with Crippen LogP contribution in [-0.4, -0.2) is 52.2 Å². The number of piperidine rings is 1. The molecule has 0 aliphatic carbocycles. The zero-order chi connectivity index (χ0) is 19.1. The van der Waals surface area contributed by atoms with Gasteiger partial charge in [-0.15, -0.1) is 24.0 Å². The van der Waals surface area contributed by atoms with Crippen LogP contribution in [0.15, 0.2) is 27.8 Å². The molecule has 7 nitrogen and oxygen atoms in total. The van der Waals surface area contributed by atoms with Crippen LogP contribution in [-0.2, 0) is 6.42 Å². The van der Waals surface area contributed by atoms with E-state index in [0.29, 0.717) is 23.5 Å². The molecule has 0 radical (unpaired) electrons. The molecule has 8 heteroatoms. The lowest BCUT2D eigenvalue weighted by atomic mass is 9.78. The fourth-order valence-electron chi connectivity index (χ4n) is 3.92. The van der Waals surface area contributed by atoms with Crippen LogP contribution in [0.2, 0.25) is 0 Å². The Labute approximate surface area is 184 Å². The number of nitrogens with zero attached hydrogens (tertiary/aromatic N) is 4. The van der Waals surface area contributed by atoms with E-state index in [4.69, 9.17) is 9.41 Å². The van der Waals surface area contributed by atoms with E-state index >= 15 is 0 Å². The number of likely N-dealkylation sites (tertiary alicyclic amines) is 1. The molecule has 0 bridgehead atoms. The summed E-state index contributed by atoms with van der Waals surface area (Å²) in [5.41, 5.74) is 0.395. The minimum absolute atomic E-state index is 0. The molecule has 1 aliphatic rings. The largest absolute Gasteiger partial charge is 0.461 e. The third-order valence-corrected chi connectivity index (χ3v) is 5.15. The third kappa shape index (κ3) is 5.96. The molecular formula is C20H33IN6O. The highest BCUT2D eigenvalue weighted by atomic mass is 127. The maximum Gasteiger partial charge on any atom is 0.216 e. The van der Waals surface area contributed by atoms with Crippen molar-refractivity contribution in [3.05, 3.63) is 24.2 Å². The summed E-state index contributed by atoms with van der Waals surface area (Å²) in [7, 11) is 0. The smallest absolute Gasteiger partial charge is 0.216 e. The third-order valence-electron chi connectivity index (χ3n) is 5.15. The molecule has 2 aromatic heterocycles. The van der Waals surface area contributed by atoms with E-state index in [0.717, 1.165) is 37.8 Å². The first-order valence-electron chi connectivity index (χ1n) is 10.1. The molecule has 156 valence electrons. The first kappa shape index (κ1) is 22.7. The molecule has 1 unspecified atom stereocenters. The zero-order valence-corrected chi connectivity index (χ0v) is 19.5. The Balaban J connectivity index is 0.00000280. The van der Waals surface area contributed by atoms with Crippen LogP contribution >= 0.6 is 24.0 Å². The van der Waals surface area contributed by atoms with Gasteiger partial charge in [-0.1, -0.05) is 20.3 Å². The predicted octanol–water partition coefficient (Wildman–Crippen LogP) is 4.09. The van der Waals surface area contributed by atoms with Crippen molar-refractivity contribution in [3.8, 4) is 11.6 Å². The number of nitrogens with one attached hydrogen (secondary N) is 2. The van der Waals surface area contributed by atoms with Crippen LogP contribution in [0.4, 0.5) is 0 Å². The predicted molar refractivity (Wildman–Crippen MR) is 123 cm³/mol. The summed E-state index contributed by atoms with van der Waals surface area (Å²) in [5, 5.41) is 10.7. The standard InChI is InChI=1S/C20H32N6O.HI/c1-4-10-20(3)11-7-13-26(15-20)19(21-5-2)22-12-9-17-23-18(25-24-17)16-8-6-14-27-16;/h6,8,14H,4-5,7,9-13,15H2,1-3H3,(H,21,22)(H,23,24,25);1H. The van der Waals surface area contributed by atoms with Gasteiger partial charge in [0.2, 0.25) is 5.82 Å². The number of hydrogen-bond donors (Lipinski definition) is 2. The Kier molecular flexibility index (Phi) is 8.78. The second-order valence-electron chi connectivity index (χ2n) is 7.65. The van der Waals surface area contributed by atoms with E-state index in [1.807, 2.05) is 12.1 Å². The molecular weight excluding hydrogens is 467 g/mol. The summed E-state index contributed by atoms with van der Waals surface area (Å²) in [4.78, 5) is 11.8. The molecule has 1 aliphatic heterocycles. The van der Waals surface area contributed by atoms with Gasteiger partial charge in [-0.3, -0.25) is 10.1 Å². The summed E-state index contributed by atoms with van der Waals surface area (Å²) >= 11 is 0. The number of aromatic nitrogens is 3. The Morgan fingerprint density at radius 3 is 3.00 bits per heavy atom. The van der Waals surface area contributed by atoms with Crippen molar-refractivity contribution in [1.29, 1.82) is 0 Å². The minimum atomic E-state index is 0. The van der Waals surface area contributed by atoms with E-state index in [2.05, 4.69) is 46.2 Å². The minimum Gasteiger partial charge on any atom is -0.461 e. The van der Waals surface area contributed by atoms with Crippen LogP contribution in [0.5, 0.6) is 0 Å². The fourth-order valence-corrected chi connectivity index (χ4v) is 3.92. The first-order valence-corrected chi connectivity index (χ1v) is 10.1. The lowest BCUT2D eigenvalue weighted by molar-refractivity contribution is 0.142. The average molecular weight is 500 g/mol. The van der Waals surface area contributed by atoms with Crippen molar-refractivity contribution < 1.29 is 4.42 Å². The molecule has 3 rings (SSSR count). The van der Waals surface area contributed by atoms with Crippen molar-refractivity contribution in [3.63, 3.8) is 0 Å². The molecule has 0 amide bonds. The summed E-state index contributed by atoms with van der Waals surface area (Å²) in [6, 6.07) is 3.70. The highest BCUT2D eigenvalue weighted by molar-refractivity contribution is 14.0. The van der Waals surface area contributed by atoms with Gasteiger partial charge in [0.1, 0.15) is 5.82 Å². The lowest BCUT2D eigenvalue weighted by Crippen LogP contribution is -2.49. The molecule has 2 N–H and O–H groups in total. The summed E-state index contributed by atoms with van der Waals surface area (Å²) in [6.07, 6.45) is 7.41. The van der Waals surface area contributed by atoms with Gasteiger partial charge in [0.15, 0.2) is 11.7 Å². The Morgan fingerprint density at radius 1 is 1.43 bits per heavy atom. The van der Waals surface area contributed by atoms with E-state index in [9.17, 15) is 0 Å². The van der Waals surface area contributed by atoms with Crippen molar-refractivity contribution in [1.82, 2.24) is 25.4 Å². The van der Waals surface area contributed by atoms with Crippen LogP contribution in [0.1, 0.15) is 52.3 Å². The lowest BCUT2D eigenvalue weighted by Gasteiger charge is -2.42. The molecule has 0 spiro atoms. The normalized spacial score (nSPS) is 20.1. The molecule has 1 saturated heterocycles. The average Bonchev–Trinajstić information content (AvgIpc) is 3.32. The number of aliphatic imine (C=N–C) groups is 1. The van der Waals surface area contributed by atoms with E-state index < -0.39 is 0 Å². The van der Waals surface area contributed by atoms with Crippen molar-refractivity contribution in [2.24, 2.45) is 10.4 Å². The summed E-state index contributed by atoms with van der Waals surface area (Å²) in [5.74, 6) is 3.12. The van der Waals surface area contributed by atoms with E-state index in [1.165, 1.54) is 25.7 Å². The highest BCUT2D eigenvalue weighted by Gasteiger charge is 2.31. The Bertz CT molecular complexity index is 725. The van der Waals surface area contributed by atoms with Gasteiger partial charge < -0.3 is 14.6 Å². The zero-order valence-electron chi connectivity index (χ0n) is 17.2. The SMILES string of the molecule is CCCC1(C)CCCN(C(=NCCc2nc(-c3ccco3)n[nH]2)NCC)C1.I. The summed E-state index contributed by atoms with van der Waals surface area (Å²) < 4.78 is 5.34. The van der Waals surface area contributed by atoms with Gasteiger partial charge in [0.05, 0.1) is 6.26 Å². The molecule has 0 aromatic carbocycles. The molecule has 1 fully saturated rings. The Hall–Kier alpha value is -1.58. The van der Waals surface area contributed by atoms with Gasteiger partial charge in [0.25, 0.3) is 0 Å². The Morgan fingerprint density at radius 2 is 2.29 bits per heavy atom. The number of halogens is 1. The number of hydrogen-bond acceptors (Lipinski definition) is 4. The second kappa shape index (κ2) is 10.8. The van der Waals surface area contributed by atoms with E-state index in [-0.39, 0.29) is 24.0 Å². The van der Waals surface area contributed by atoms with Gasteiger partial charge in [-0.2, -0.15) is 5.10 Å². The molecule has 2 aromatic rings. The monoisotopic (exact) mass is 500 g/mol. The number of rotatable bonds is 7. The van der Waals surface area contributed by atoms with E-state index in [1.54, 1.807) is 6.26 Å². The number of aromatic amines is 1. The number of guanidine groups is 1. The van der Waals surface area contributed by atoms with Gasteiger partial charge in [0, 0.05) is 32.6 Å². The molecule has 3 heterocycles. The van der Waals surface area contributed by atoms with Crippen LogP contribution in [0.25, 0.3) is 11.6 Å². The maximum absolute atomic E-state index is 5.34. The molecule has 1 atom stereocenters.